The smallest absolute Gasteiger partial charge is 0.309 e. The van der Waals surface area contributed by atoms with E-state index in [0.29, 0.717) is 19.4 Å². The Hall–Kier alpha value is -0.720. The highest BCUT2D eigenvalue weighted by molar-refractivity contribution is 7.53. The molecule has 0 saturated carbocycles. The molecule has 2 aromatic carbocycles. The van der Waals surface area contributed by atoms with Crippen LogP contribution in [0.15, 0.2) is 42.5 Å². The Kier molecular flexibility index (Phi) is 10.6. The van der Waals surface area contributed by atoms with Crippen LogP contribution in [0.3, 0.4) is 0 Å². The largest absolute Gasteiger partial charge is 0.330 e. The molecule has 0 fully saturated rings. The standard InChI is InChI=1S/C22H34O3P2/c1-2-15-24-27(23,18-9-3-8-17-26)25-16-7-6-10-20-13-14-21-11-4-5-12-22(21)19-20/h4-5,11-14,19H,2-3,6-10,15-18,26H2,1H3. The molecule has 0 bridgehead atoms. The molecule has 0 aliphatic carbocycles. The van der Waals surface area contributed by atoms with E-state index in [9.17, 15) is 4.57 Å². The molecule has 5 heteroatoms. The van der Waals surface area contributed by atoms with Crippen molar-refractivity contribution in [3.8, 4) is 0 Å². The maximum Gasteiger partial charge on any atom is 0.330 e. The molecule has 2 rings (SSSR count). The summed E-state index contributed by atoms with van der Waals surface area (Å²) in [6.45, 7) is 3.05. The van der Waals surface area contributed by atoms with E-state index in [1.807, 2.05) is 6.92 Å². The molecule has 2 atom stereocenters. The second-order valence-electron chi connectivity index (χ2n) is 6.99. The second kappa shape index (κ2) is 12.7. The van der Waals surface area contributed by atoms with Gasteiger partial charge in [-0.2, -0.15) is 0 Å². The molecule has 0 N–H and O–H groups in total. The van der Waals surface area contributed by atoms with Crippen molar-refractivity contribution >= 4 is 27.6 Å². The van der Waals surface area contributed by atoms with Crippen LogP contribution >= 0.6 is 16.8 Å². The van der Waals surface area contributed by atoms with Crippen molar-refractivity contribution in [3.63, 3.8) is 0 Å². The fourth-order valence-corrected chi connectivity index (χ4v) is 5.15. The van der Waals surface area contributed by atoms with Crippen molar-refractivity contribution in [2.45, 2.75) is 51.9 Å². The van der Waals surface area contributed by atoms with E-state index in [1.54, 1.807) is 0 Å². The third kappa shape index (κ3) is 8.44. The molecule has 0 spiro atoms. The zero-order chi connectivity index (χ0) is 19.4. The van der Waals surface area contributed by atoms with Gasteiger partial charge < -0.3 is 9.05 Å². The summed E-state index contributed by atoms with van der Waals surface area (Å²) in [7, 11) is -0.191. The fraction of sp³-hybridized carbons (Fsp3) is 0.545. The van der Waals surface area contributed by atoms with Crippen LogP contribution in [0, 0.1) is 0 Å². The molecule has 2 unspecified atom stereocenters. The first-order valence-corrected chi connectivity index (χ1v) is 12.8. The average molecular weight is 408 g/mol. The monoisotopic (exact) mass is 408 g/mol. The van der Waals surface area contributed by atoms with Crippen LogP contribution in [-0.2, 0) is 20.0 Å². The molecule has 0 aliphatic rings. The lowest BCUT2D eigenvalue weighted by atomic mass is 10.0. The number of benzene rings is 2. The predicted molar refractivity (Wildman–Crippen MR) is 120 cm³/mol. The molecule has 27 heavy (non-hydrogen) atoms. The first-order valence-electron chi connectivity index (χ1n) is 10.2. The third-order valence-corrected chi connectivity index (χ3v) is 7.01. The predicted octanol–water partition coefficient (Wildman–Crippen LogP) is 6.84. The molecular weight excluding hydrogens is 374 g/mol. The van der Waals surface area contributed by atoms with Gasteiger partial charge in [0.1, 0.15) is 0 Å². The maximum atomic E-state index is 12.9. The van der Waals surface area contributed by atoms with Crippen LogP contribution in [-0.4, -0.2) is 25.5 Å². The van der Waals surface area contributed by atoms with Gasteiger partial charge in [0, 0.05) is 0 Å². The molecule has 2 aromatic rings. The molecule has 0 amide bonds. The van der Waals surface area contributed by atoms with Crippen molar-refractivity contribution in [2.24, 2.45) is 0 Å². The van der Waals surface area contributed by atoms with Crippen molar-refractivity contribution in [2.75, 3.05) is 25.5 Å². The minimum absolute atomic E-state index is 0.512. The molecule has 0 saturated heterocycles. The Labute approximate surface area is 167 Å². The molecule has 0 aromatic heterocycles. The number of fused-ring (bicyclic) bond motifs is 1. The zero-order valence-electron chi connectivity index (χ0n) is 16.6. The van der Waals surface area contributed by atoms with Crippen LogP contribution in [0.1, 0.15) is 51.0 Å². The normalized spacial score (nSPS) is 13.7. The van der Waals surface area contributed by atoms with Gasteiger partial charge in [0.2, 0.25) is 0 Å². The fourth-order valence-electron chi connectivity index (χ4n) is 3.05. The van der Waals surface area contributed by atoms with Crippen LogP contribution in [0.2, 0.25) is 0 Å². The van der Waals surface area contributed by atoms with Crippen LogP contribution in [0.5, 0.6) is 0 Å². The van der Waals surface area contributed by atoms with Gasteiger partial charge in [-0.3, -0.25) is 4.57 Å². The summed E-state index contributed by atoms with van der Waals surface area (Å²) in [5.41, 5.74) is 1.34. The number of unbranched alkanes of at least 4 members (excludes halogenated alkanes) is 3. The van der Waals surface area contributed by atoms with Gasteiger partial charge in [-0.25, -0.2) is 0 Å². The number of rotatable bonds is 14. The quantitative estimate of drug-likeness (QED) is 0.253. The topological polar surface area (TPSA) is 35.5 Å². The molecule has 0 heterocycles. The molecular formula is C22H34O3P2. The van der Waals surface area contributed by atoms with E-state index in [2.05, 4.69) is 51.7 Å². The summed E-state index contributed by atoms with van der Waals surface area (Å²) in [4.78, 5) is 0. The Morgan fingerprint density at radius 2 is 1.67 bits per heavy atom. The van der Waals surface area contributed by atoms with Gasteiger partial charge in [-0.1, -0.05) is 55.8 Å². The van der Waals surface area contributed by atoms with Crippen molar-refractivity contribution in [3.05, 3.63) is 48.0 Å². The summed E-state index contributed by atoms with van der Waals surface area (Å²) in [6, 6.07) is 15.1. The first kappa shape index (κ1) is 22.6. The summed E-state index contributed by atoms with van der Waals surface area (Å²) in [5, 5.41) is 2.56. The Balaban J connectivity index is 1.73. The first-order chi connectivity index (χ1) is 13.2. The van der Waals surface area contributed by atoms with Crippen LogP contribution in [0.25, 0.3) is 10.8 Å². The number of hydrogen-bond acceptors (Lipinski definition) is 3. The summed E-state index contributed by atoms with van der Waals surface area (Å²) in [5.74, 6) is 0. The van der Waals surface area contributed by atoms with Gasteiger partial charge in [0.25, 0.3) is 0 Å². The van der Waals surface area contributed by atoms with E-state index in [4.69, 9.17) is 9.05 Å². The summed E-state index contributed by atoms with van der Waals surface area (Å²) >= 11 is 0. The third-order valence-electron chi connectivity index (χ3n) is 4.59. The van der Waals surface area contributed by atoms with E-state index in [-0.39, 0.29) is 0 Å². The maximum absolute atomic E-state index is 12.9. The highest BCUT2D eigenvalue weighted by Crippen LogP contribution is 2.49. The van der Waals surface area contributed by atoms with Crippen LogP contribution in [0.4, 0.5) is 0 Å². The molecule has 3 nitrogen and oxygen atoms in total. The SMILES string of the molecule is CCCOP(=O)(CCCCCP)OCCCCc1ccc2ccccc2c1. The van der Waals surface area contributed by atoms with E-state index in [1.165, 1.54) is 16.3 Å². The van der Waals surface area contributed by atoms with E-state index < -0.39 is 7.60 Å². The minimum Gasteiger partial charge on any atom is -0.309 e. The highest BCUT2D eigenvalue weighted by atomic mass is 31.2. The molecule has 150 valence electrons. The Bertz CT molecular complexity index is 718. The van der Waals surface area contributed by atoms with E-state index in [0.717, 1.165) is 51.1 Å². The van der Waals surface area contributed by atoms with E-state index >= 15 is 0 Å². The second-order valence-corrected chi connectivity index (χ2v) is 9.75. The van der Waals surface area contributed by atoms with Gasteiger partial charge in [-0.05, 0) is 61.0 Å². The number of aryl methyl sites for hydroxylation is 1. The molecule has 0 radical (unpaired) electrons. The summed E-state index contributed by atoms with van der Waals surface area (Å²) in [6.07, 6.45) is 8.57. The van der Waals surface area contributed by atoms with Gasteiger partial charge in [-0.15, -0.1) is 9.24 Å². The van der Waals surface area contributed by atoms with Crippen molar-refractivity contribution in [1.29, 1.82) is 0 Å². The van der Waals surface area contributed by atoms with Crippen molar-refractivity contribution in [1.82, 2.24) is 0 Å². The lowest BCUT2D eigenvalue weighted by Gasteiger charge is -2.18. The van der Waals surface area contributed by atoms with Crippen molar-refractivity contribution < 1.29 is 13.6 Å². The van der Waals surface area contributed by atoms with Gasteiger partial charge >= 0.3 is 7.60 Å². The highest BCUT2D eigenvalue weighted by Gasteiger charge is 2.23. The van der Waals surface area contributed by atoms with Gasteiger partial charge in [0.05, 0.1) is 19.4 Å². The average Bonchev–Trinajstić information content (AvgIpc) is 2.69. The lowest BCUT2D eigenvalue weighted by Crippen LogP contribution is -2.03. The summed E-state index contributed by atoms with van der Waals surface area (Å²) < 4.78 is 24.2. The van der Waals surface area contributed by atoms with Gasteiger partial charge in [0.15, 0.2) is 0 Å². The molecule has 0 aliphatic heterocycles. The minimum atomic E-state index is -2.93. The zero-order valence-corrected chi connectivity index (χ0v) is 18.6. The lowest BCUT2D eigenvalue weighted by molar-refractivity contribution is 0.201. The number of hydrogen-bond donors (Lipinski definition) is 0. The van der Waals surface area contributed by atoms with Crippen LogP contribution < -0.4 is 0 Å². The Morgan fingerprint density at radius 3 is 2.44 bits per heavy atom. The Morgan fingerprint density at radius 1 is 0.889 bits per heavy atom.